The zero-order chi connectivity index (χ0) is 22.7. The van der Waals surface area contributed by atoms with Crippen molar-refractivity contribution in [3.8, 4) is 5.75 Å². The van der Waals surface area contributed by atoms with E-state index in [0.717, 1.165) is 29.4 Å². The molecule has 0 aliphatic carbocycles. The Morgan fingerprint density at radius 3 is 2.53 bits per heavy atom. The number of imidazole rings is 1. The number of fused-ring (bicyclic) bond motifs is 3. The molecule has 1 aliphatic heterocycles. The number of ether oxygens (including phenoxy) is 2. The van der Waals surface area contributed by atoms with Gasteiger partial charge in [-0.05, 0) is 38.5 Å². The van der Waals surface area contributed by atoms with Crippen molar-refractivity contribution in [3.63, 3.8) is 0 Å². The lowest BCUT2D eigenvalue weighted by Gasteiger charge is -2.38. The maximum absolute atomic E-state index is 13.8. The zero-order valence-electron chi connectivity index (χ0n) is 18.8. The van der Waals surface area contributed by atoms with Crippen LogP contribution in [-0.2, 0) is 14.3 Å². The number of hydrogen-bond donors (Lipinski definition) is 0. The number of carbonyl (C=O) groups is 2. The summed E-state index contributed by atoms with van der Waals surface area (Å²) in [4.78, 5) is 33.4. The summed E-state index contributed by atoms with van der Waals surface area (Å²) in [6.45, 7) is 6.91. The number of hydrogen-bond acceptors (Lipinski definition) is 5. The van der Waals surface area contributed by atoms with Crippen LogP contribution >= 0.6 is 0 Å². The summed E-state index contributed by atoms with van der Waals surface area (Å²) in [5, 5.41) is 0. The Balaban J connectivity index is 2.00. The molecule has 168 valence electrons. The molecule has 1 amide bonds. The van der Waals surface area contributed by atoms with Gasteiger partial charge in [-0.15, -0.1) is 0 Å². The fourth-order valence-electron chi connectivity index (χ4n) is 4.37. The number of carbonyl (C=O) groups excluding carboxylic acids is 2. The lowest BCUT2D eigenvalue weighted by molar-refractivity contribution is -0.153. The van der Waals surface area contributed by atoms with Crippen LogP contribution < -0.4 is 9.64 Å². The minimum Gasteiger partial charge on any atom is -0.494 e. The Bertz CT molecular complexity index is 1120. The molecule has 4 rings (SSSR count). The Labute approximate surface area is 187 Å². The van der Waals surface area contributed by atoms with Gasteiger partial charge in [0.15, 0.2) is 5.92 Å². The van der Waals surface area contributed by atoms with Crippen LogP contribution in [0.3, 0.4) is 0 Å². The molecular weight excluding hydrogens is 406 g/mol. The van der Waals surface area contributed by atoms with Gasteiger partial charge in [-0.2, -0.15) is 0 Å². The predicted molar refractivity (Wildman–Crippen MR) is 123 cm³/mol. The molecule has 3 aromatic rings. The normalized spacial score (nSPS) is 18.0. The third kappa shape index (κ3) is 3.72. The van der Waals surface area contributed by atoms with Crippen LogP contribution in [0.25, 0.3) is 11.0 Å². The molecule has 7 heteroatoms. The van der Waals surface area contributed by atoms with Crippen LogP contribution in [-0.4, -0.2) is 41.2 Å². The highest BCUT2D eigenvalue weighted by atomic mass is 16.5. The Kier molecular flexibility index (Phi) is 6.44. The van der Waals surface area contributed by atoms with E-state index in [4.69, 9.17) is 14.5 Å². The molecule has 0 saturated carbocycles. The summed E-state index contributed by atoms with van der Waals surface area (Å²) >= 11 is 0. The quantitative estimate of drug-likeness (QED) is 0.388. The van der Waals surface area contributed by atoms with Crippen molar-refractivity contribution < 1.29 is 19.1 Å². The van der Waals surface area contributed by atoms with Crippen molar-refractivity contribution in [1.29, 1.82) is 0 Å². The van der Waals surface area contributed by atoms with Gasteiger partial charge in [0, 0.05) is 12.1 Å². The fourth-order valence-corrected chi connectivity index (χ4v) is 4.37. The molecule has 0 fully saturated rings. The summed E-state index contributed by atoms with van der Waals surface area (Å²) < 4.78 is 13.3. The van der Waals surface area contributed by atoms with E-state index in [1.54, 1.807) is 11.8 Å². The molecule has 2 unspecified atom stereocenters. The van der Waals surface area contributed by atoms with Crippen LogP contribution in [0, 0.1) is 5.92 Å². The molecular formula is C25H29N3O4. The van der Waals surface area contributed by atoms with E-state index < -0.39 is 17.9 Å². The van der Waals surface area contributed by atoms with E-state index in [9.17, 15) is 9.59 Å². The van der Waals surface area contributed by atoms with Gasteiger partial charge >= 0.3 is 5.97 Å². The molecule has 2 heterocycles. The lowest BCUT2D eigenvalue weighted by atomic mass is 9.88. The molecule has 2 aromatic carbocycles. The third-order valence-electron chi connectivity index (χ3n) is 5.76. The van der Waals surface area contributed by atoms with E-state index in [1.165, 1.54) is 0 Å². The number of amides is 1. The molecule has 1 aromatic heterocycles. The molecule has 0 bridgehead atoms. The molecule has 1 aliphatic rings. The van der Waals surface area contributed by atoms with E-state index in [2.05, 4.69) is 6.92 Å². The van der Waals surface area contributed by atoms with Crippen molar-refractivity contribution in [2.75, 3.05) is 24.7 Å². The van der Waals surface area contributed by atoms with Crippen molar-refractivity contribution in [1.82, 2.24) is 9.55 Å². The number of benzene rings is 2. The number of esters is 1. The van der Waals surface area contributed by atoms with E-state index >= 15 is 0 Å². The summed E-state index contributed by atoms with van der Waals surface area (Å²) in [5.74, 6) is -0.636. The largest absolute Gasteiger partial charge is 0.494 e. The number of nitrogens with zero attached hydrogens (tertiary/aromatic N) is 3. The maximum atomic E-state index is 13.8. The molecule has 0 N–H and O–H groups in total. The van der Waals surface area contributed by atoms with Gasteiger partial charge in [-0.3, -0.25) is 14.5 Å². The second-order valence-corrected chi connectivity index (χ2v) is 7.76. The Morgan fingerprint density at radius 1 is 1.03 bits per heavy atom. The van der Waals surface area contributed by atoms with Crippen LogP contribution in [0.4, 0.5) is 5.95 Å². The molecule has 0 saturated heterocycles. The standard InChI is InChI=1S/C25H29N3O4/c1-4-7-16-27-23(29)21(24(30)32-6-3)22(17-12-8-11-15-20(17)31-5-2)28-19-14-10-9-13-18(19)26-25(27)28/h8-15,21-22H,4-7,16H2,1-3H3. The predicted octanol–water partition coefficient (Wildman–Crippen LogP) is 4.35. The van der Waals surface area contributed by atoms with Gasteiger partial charge in [0.2, 0.25) is 11.9 Å². The van der Waals surface area contributed by atoms with Crippen LogP contribution in [0.1, 0.15) is 45.2 Å². The van der Waals surface area contributed by atoms with Crippen LogP contribution in [0.15, 0.2) is 48.5 Å². The van der Waals surface area contributed by atoms with E-state index in [-0.39, 0.29) is 12.5 Å². The van der Waals surface area contributed by atoms with Crippen LogP contribution in [0.2, 0.25) is 0 Å². The highest BCUT2D eigenvalue weighted by Crippen LogP contribution is 2.43. The topological polar surface area (TPSA) is 73.7 Å². The first-order valence-electron chi connectivity index (χ1n) is 11.3. The average molecular weight is 436 g/mol. The van der Waals surface area contributed by atoms with Crippen molar-refractivity contribution in [2.45, 2.75) is 39.7 Å². The summed E-state index contributed by atoms with van der Waals surface area (Å²) in [6, 6.07) is 14.7. The number of aromatic nitrogens is 2. The summed E-state index contributed by atoms with van der Waals surface area (Å²) in [6.07, 6.45) is 1.73. The number of para-hydroxylation sites is 3. The van der Waals surface area contributed by atoms with Gasteiger partial charge in [0.05, 0.1) is 30.3 Å². The molecule has 7 nitrogen and oxygen atoms in total. The van der Waals surface area contributed by atoms with Crippen molar-refractivity contribution in [3.05, 3.63) is 54.1 Å². The van der Waals surface area contributed by atoms with Gasteiger partial charge in [0.1, 0.15) is 5.75 Å². The molecule has 32 heavy (non-hydrogen) atoms. The van der Waals surface area contributed by atoms with Gasteiger partial charge in [-0.1, -0.05) is 43.7 Å². The van der Waals surface area contributed by atoms with E-state index in [1.807, 2.05) is 60.0 Å². The highest BCUT2D eigenvalue weighted by molar-refractivity contribution is 6.08. The van der Waals surface area contributed by atoms with Gasteiger partial charge < -0.3 is 14.0 Å². The first kappa shape index (κ1) is 21.9. The molecule has 2 atom stereocenters. The SMILES string of the molecule is CCCCN1C(=O)C(C(=O)OCC)C(c2ccccc2OCC)n2c1nc1ccccc12. The number of rotatable bonds is 8. The minimum atomic E-state index is -1.03. The third-order valence-corrected chi connectivity index (χ3v) is 5.76. The zero-order valence-corrected chi connectivity index (χ0v) is 18.8. The average Bonchev–Trinajstić information content (AvgIpc) is 3.18. The second-order valence-electron chi connectivity index (χ2n) is 7.76. The smallest absolute Gasteiger partial charge is 0.321 e. The first-order valence-corrected chi connectivity index (χ1v) is 11.3. The highest BCUT2D eigenvalue weighted by Gasteiger charge is 2.48. The van der Waals surface area contributed by atoms with Crippen LogP contribution in [0.5, 0.6) is 5.75 Å². The Morgan fingerprint density at radius 2 is 1.78 bits per heavy atom. The second kappa shape index (κ2) is 9.42. The first-order chi connectivity index (χ1) is 15.6. The van der Waals surface area contributed by atoms with Gasteiger partial charge in [0.25, 0.3) is 0 Å². The number of unbranched alkanes of at least 4 members (excludes halogenated alkanes) is 1. The monoisotopic (exact) mass is 435 g/mol. The molecule has 0 spiro atoms. The summed E-state index contributed by atoms with van der Waals surface area (Å²) in [7, 11) is 0. The Hall–Kier alpha value is -3.35. The van der Waals surface area contributed by atoms with Crippen molar-refractivity contribution >= 4 is 28.9 Å². The maximum Gasteiger partial charge on any atom is 0.321 e. The molecule has 0 radical (unpaired) electrons. The van der Waals surface area contributed by atoms with Crippen molar-refractivity contribution in [2.24, 2.45) is 5.92 Å². The fraction of sp³-hybridized carbons (Fsp3) is 0.400. The van der Waals surface area contributed by atoms with Gasteiger partial charge in [-0.25, -0.2) is 4.98 Å². The summed E-state index contributed by atoms with van der Waals surface area (Å²) in [5.41, 5.74) is 2.41. The van der Waals surface area contributed by atoms with E-state index in [0.29, 0.717) is 24.8 Å². The minimum absolute atomic E-state index is 0.203. The number of anilines is 1. The lowest BCUT2D eigenvalue weighted by Crippen LogP contribution is -2.50.